The van der Waals surface area contributed by atoms with E-state index in [0.29, 0.717) is 28.3 Å². The minimum Gasteiger partial charge on any atom is -0.482 e. The molecule has 0 unspecified atom stereocenters. The van der Waals surface area contributed by atoms with Crippen LogP contribution in [-0.2, 0) is 23.2 Å². The van der Waals surface area contributed by atoms with Gasteiger partial charge in [0.2, 0.25) is 5.78 Å². The first-order valence-electron chi connectivity index (χ1n) is 8.71. The van der Waals surface area contributed by atoms with Crippen molar-refractivity contribution in [1.82, 2.24) is 19.2 Å². The van der Waals surface area contributed by atoms with Crippen molar-refractivity contribution in [2.24, 2.45) is 7.05 Å². The molecule has 0 radical (unpaired) electrons. The van der Waals surface area contributed by atoms with E-state index >= 15 is 0 Å². The number of benzene rings is 2. The predicted molar refractivity (Wildman–Crippen MR) is 102 cm³/mol. The molecular formula is C20H18N4O4. The highest BCUT2D eigenvalue weighted by atomic mass is 16.6. The highest BCUT2D eigenvalue weighted by Crippen LogP contribution is 2.15. The Morgan fingerprint density at radius 1 is 1.11 bits per heavy atom. The van der Waals surface area contributed by atoms with Crippen molar-refractivity contribution in [3.05, 3.63) is 70.3 Å². The zero-order chi connectivity index (χ0) is 19.7. The van der Waals surface area contributed by atoms with E-state index in [2.05, 4.69) is 10.2 Å². The van der Waals surface area contributed by atoms with Crippen LogP contribution < -0.4 is 10.3 Å². The van der Waals surface area contributed by atoms with Crippen molar-refractivity contribution < 1.29 is 14.3 Å². The van der Waals surface area contributed by atoms with E-state index in [1.807, 2.05) is 31.2 Å². The van der Waals surface area contributed by atoms with Gasteiger partial charge in [-0.1, -0.05) is 24.3 Å². The van der Waals surface area contributed by atoms with Crippen molar-refractivity contribution in [1.29, 1.82) is 0 Å². The molecule has 0 saturated heterocycles. The zero-order valence-corrected chi connectivity index (χ0v) is 15.5. The number of ether oxygens (including phenoxy) is 2. The normalized spacial score (nSPS) is 11.1. The van der Waals surface area contributed by atoms with Crippen LogP contribution in [0.25, 0.3) is 16.7 Å². The summed E-state index contributed by atoms with van der Waals surface area (Å²) in [7, 11) is 1.63. The summed E-state index contributed by atoms with van der Waals surface area (Å²) in [5.41, 5.74) is 1.54. The van der Waals surface area contributed by atoms with Crippen LogP contribution in [0.3, 0.4) is 0 Å². The fourth-order valence-electron chi connectivity index (χ4n) is 3.02. The number of hydrogen-bond acceptors (Lipinski definition) is 6. The Morgan fingerprint density at radius 3 is 2.75 bits per heavy atom. The topological polar surface area (TPSA) is 87.7 Å². The van der Waals surface area contributed by atoms with E-state index in [4.69, 9.17) is 9.47 Å². The van der Waals surface area contributed by atoms with Crippen molar-refractivity contribution >= 4 is 22.6 Å². The molecule has 2 heterocycles. The Kier molecular flexibility index (Phi) is 4.52. The van der Waals surface area contributed by atoms with Crippen LogP contribution in [0, 0.1) is 6.92 Å². The van der Waals surface area contributed by atoms with Crippen LogP contribution in [0.15, 0.2) is 53.3 Å². The lowest BCUT2D eigenvalue weighted by molar-refractivity contribution is -0.147. The van der Waals surface area contributed by atoms with Crippen molar-refractivity contribution in [3.63, 3.8) is 0 Å². The lowest BCUT2D eigenvalue weighted by Crippen LogP contribution is -2.21. The van der Waals surface area contributed by atoms with Gasteiger partial charge >= 0.3 is 5.97 Å². The van der Waals surface area contributed by atoms with Crippen LogP contribution in [0.4, 0.5) is 0 Å². The van der Waals surface area contributed by atoms with Crippen LogP contribution >= 0.6 is 0 Å². The molecule has 4 aromatic rings. The van der Waals surface area contributed by atoms with Gasteiger partial charge in [0.15, 0.2) is 19.0 Å². The second-order valence-electron chi connectivity index (χ2n) is 6.40. The molecule has 0 atom stereocenters. The van der Waals surface area contributed by atoms with Gasteiger partial charge in [-0.3, -0.25) is 13.8 Å². The molecule has 142 valence electrons. The number of aromatic nitrogens is 4. The van der Waals surface area contributed by atoms with Gasteiger partial charge in [0.25, 0.3) is 5.56 Å². The van der Waals surface area contributed by atoms with Gasteiger partial charge in [0, 0.05) is 7.05 Å². The predicted octanol–water partition coefficient (Wildman–Crippen LogP) is 2.01. The van der Waals surface area contributed by atoms with Gasteiger partial charge in [-0.05, 0) is 36.8 Å². The van der Waals surface area contributed by atoms with E-state index < -0.39 is 5.97 Å². The smallest absolute Gasteiger partial charge is 0.344 e. The number of para-hydroxylation sites is 1. The summed E-state index contributed by atoms with van der Waals surface area (Å²) >= 11 is 0. The Bertz CT molecular complexity index is 1240. The highest BCUT2D eigenvalue weighted by molar-refractivity contribution is 5.80. The summed E-state index contributed by atoms with van der Waals surface area (Å²) in [5, 5.41) is 8.68. The minimum absolute atomic E-state index is 0.0840. The summed E-state index contributed by atoms with van der Waals surface area (Å²) in [6, 6.07) is 14.6. The van der Waals surface area contributed by atoms with Gasteiger partial charge in [-0.25, -0.2) is 4.79 Å². The van der Waals surface area contributed by atoms with Crippen LogP contribution in [0.2, 0.25) is 0 Å². The SMILES string of the molecule is Cc1cccc(OCC(=O)OCc2nnc3n(C)c(=O)c4ccccc4n23)c1. The van der Waals surface area contributed by atoms with E-state index in [1.54, 1.807) is 35.7 Å². The van der Waals surface area contributed by atoms with E-state index in [1.165, 1.54) is 4.57 Å². The quantitative estimate of drug-likeness (QED) is 0.494. The molecule has 0 bridgehead atoms. The average Bonchev–Trinajstić information content (AvgIpc) is 3.13. The largest absolute Gasteiger partial charge is 0.482 e. The first-order valence-corrected chi connectivity index (χ1v) is 8.71. The number of aryl methyl sites for hydroxylation is 2. The molecular weight excluding hydrogens is 360 g/mol. The molecule has 0 amide bonds. The van der Waals surface area contributed by atoms with Crippen molar-refractivity contribution in [2.75, 3.05) is 6.61 Å². The van der Waals surface area contributed by atoms with E-state index in [9.17, 15) is 9.59 Å². The molecule has 0 aliphatic rings. The molecule has 8 heteroatoms. The molecule has 4 rings (SSSR count). The maximum absolute atomic E-state index is 12.4. The third kappa shape index (κ3) is 3.20. The van der Waals surface area contributed by atoms with Gasteiger partial charge in [-0.2, -0.15) is 0 Å². The summed E-state index contributed by atoms with van der Waals surface area (Å²) < 4.78 is 13.9. The minimum atomic E-state index is -0.521. The Morgan fingerprint density at radius 2 is 1.93 bits per heavy atom. The van der Waals surface area contributed by atoms with Crippen LogP contribution in [0.1, 0.15) is 11.4 Å². The van der Waals surface area contributed by atoms with E-state index in [-0.39, 0.29) is 18.8 Å². The summed E-state index contributed by atoms with van der Waals surface area (Å²) in [6.45, 7) is 1.65. The van der Waals surface area contributed by atoms with Gasteiger partial charge < -0.3 is 9.47 Å². The first kappa shape index (κ1) is 17.7. The average molecular weight is 378 g/mol. The summed E-state index contributed by atoms with van der Waals surface area (Å²) in [5.74, 6) is 0.884. The molecule has 0 aliphatic heterocycles. The van der Waals surface area contributed by atoms with Gasteiger partial charge in [0.05, 0.1) is 10.9 Å². The molecule has 0 saturated carbocycles. The lowest BCUT2D eigenvalue weighted by atomic mass is 10.2. The van der Waals surface area contributed by atoms with Crippen molar-refractivity contribution in [2.45, 2.75) is 13.5 Å². The number of rotatable bonds is 5. The first-order chi connectivity index (χ1) is 13.5. The lowest BCUT2D eigenvalue weighted by Gasteiger charge is -2.09. The third-order valence-electron chi connectivity index (χ3n) is 4.40. The maximum atomic E-state index is 12.4. The standard InChI is InChI=1S/C20H18N4O4/c1-13-6-5-7-14(10-13)27-12-18(25)28-11-17-21-22-20-23(2)19(26)15-8-3-4-9-16(15)24(17)20/h3-10H,11-12H2,1-2H3. The van der Waals surface area contributed by atoms with Crippen LogP contribution in [-0.4, -0.2) is 31.7 Å². The Balaban J connectivity index is 1.54. The molecule has 2 aromatic carbocycles. The number of nitrogens with zero attached hydrogens (tertiary/aromatic N) is 4. The molecule has 0 N–H and O–H groups in total. The molecule has 8 nitrogen and oxygen atoms in total. The fraction of sp³-hybridized carbons (Fsp3) is 0.200. The van der Waals surface area contributed by atoms with Gasteiger partial charge in [0.1, 0.15) is 5.75 Å². The number of carbonyl (C=O) groups excluding carboxylic acids is 1. The Labute approximate surface area is 160 Å². The monoisotopic (exact) mass is 378 g/mol. The summed E-state index contributed by atoms with van der Waals surface area (Å²) in [6.07, 6.45) is 0. The molecule has 0 fully saturated rings. The number of carbonyl (C=O) groups is 1. The maximum Gasteiger partial charge on any atom is 0.344 e. The number of fused-ring (bicyclic) bond motifs is 3. The highest BCUT2D eigenvalue weighted by Gasteiger charge is 2.16. The second kappa shape index (κ2) is 7.15. The molecule has 2 aromatic heterocycles. The molecule has 0 spiro atoms. The molecule has 28 heavy (non-hydrogen) atoms. The fourth-order valence-corrected chi connectivity index (χ4v) is 3.02. The number of hydrogen-bond donors (Lipinski definition) is 0. The molecule has 0 aliphatic carbocycles. The van der Waals surface area contributed by atoms with E-state index in [0.717, 1.165) is 5.56 Å². The van der Waals surface area contributed by atoms with Gasteiger partial charge in [-0.15, -0.1) is 10.2 Å². The zero-order valence-electron chi connectivity index (χ0n) is 15.5. The van der Waals surface area contributed by atoms with Crippen LogP contribution in [0.5, 0.6) is 5.75 Å². The second-order valence-corrected chi connectivity index (χ2v) is 6.40. The Hall–Kier alpha value is -3.68. The number of esters is 1. The summed E-state index contributed by atoms with van der Waals surface area (Å²) in [4.78, 5) is 24.5. The third-order valence-corrected chi connectivity index (χ3v) is 4.40. The van der Waals surface area contributed by atoms with Crippen molar-refractivity contribution in [3.8, 4) is 5.75 Å².